The van der Waals surface area contributed by atoms with E-state index in [1.807, 2.05) is 24.3 Å². The largest absolute Gasteiger partial charge is 0.478 e. The monoisotopic (exact) mass is 530 g/mol. The molecule has 0 atom stereocenters. The highest BCUT2D eigenvalue weighted by molar-refractivity contribution is 7.22. The lowest BCUT2D eigenvalue weighted by atomic mass is 10.00. The summed E-state index contributed by atoms with van der Waals surface area (Å²) in [6.45, 7) is 8.17. The average Bonchev–Trinajstić information content (AvgIpc) is 3.43. The number of carboxylic acids is 1. The van der Waals surface area contributed by atoms with E-state index in [2.05, 4.69) is 28.8 Å². The highest BCUT2D eigenvalue weighted by Crippen LogP contribution is 2.39. The second-order valence-electron chi connectivity index (χ2n) is 8.87. The van der Waals surface area contributed by atoms with E-state index in [0.717, 1.165) is 52.9 Å². The van der Waals surface area contributed by atoms with Crippen LogP contribution >= 0.6 is 34.5 Å². The van der Waals surface area contributed by atoms with Crippen molar-refractivity contribution in [1.82, 2.24) is 15.0 Å². The average molecular weight is 531 g/mol. The number of nitrogens with zero attached hydrogens (tertiary/aromatic N) is 4. The Morgan fingerprint density at radius 1 is 1.14 bits per heavy atom. The van der Waals surface area contributed by atoms with Crippen LogP contribution in [0.25, 0.3) is 21.5 Å². The molecule has 0 aliphatic carbocycles. The number of carboxylic acid groups (broad SMARTS) is 1. The number of hydrogen-bond donors (Lipinski definition) is 1. The zero-order chi connectivity index (χ0) is 24.7. The Labute approximate surface area is 216 Å². The summed E-state index contributed by atoms with van der Waals surface area (Å²) >= 11 is 14.6. The topological polar surface area (TPSA) is 82.7 Å². The number of aromatic carboxylic acids is 1. The van der Waals surface area contributed by atoms with Crippen LogP contribution < -0.4 is 4.90 Å². The maximum atomic E-state index is 11.3. The zero-order valence-corrected chi connectivity index (χ0v) is 21.6. The predicted molar refractivity (Wildman–Crippen MR) is 140 cm³/mol. The Morgan fingerprint density at radius 2 is 1.86 bits per heavy atom. The molecular formula is C25H24Cl2N4O3S. The lowest BCUT2D eigenvalue weighted by molar-refractivity contribution is 0.0697. The number of thiazole rings is 1. The Bertz CT molecular complexity index is 1370. The molecule has 4 aromatic rings. The minimum Gasteiger partial charge on any atom is -0.478 e. The molecule has 2 aromatic carbocycles. The van der Waals surface area contributed by atoms with Crippen molar-refractivity contribution in [2.75, 3.05) is 31.1 Å². The molecule has 0 radical (unpaired) electrons. The zero-order valence-electron chi connectivity index (χ0n) is 19.3. The molecule has 1 N–H and O–H groups in total. The molecule has 182 valence electrons. The van der Waals surface area contributed by atoms with Crippen LogP contribution in [0, 0.1) is 0 Å². The van der Waals surface area contributed by atoms with Gasteiger partial charge in [-0.3, -0.25) is 4.90 Å². The van der Waals surface area contributed by atoms with Gasteiger partial charge in [0.25, 0.3) is 0 Å². The Hall–Kier alpha value is -2.65. The molecule has 1 saturated heterocycles. The SMILES string of the molecule is CC(C)c1onc(-c2c(Cl)cccc2Cl)c1CN1CCN(c2nc3cc(C(=O)O)ccc3s2)CC1. The van der Waals surface area contributed by atoms with E-state index < -0.39 is 5.97 Å². The van der Waals surface area contributed by atoms with Crippen LogP contribution in [0.4, 0.5) is 5.13 Å². The quantitative estimate of drug-likeness (QED) is 0.308. The normalized spacial score (nSPS) is 14.8. The predicted octanol–water partition coefficient (Wildman–Crippen LogP) is 6.40. The fourth-order valence-corrected chi connectivity index (χ4v) is 5.93. The number of halogens is 2. The van der Waals surface area contributed by atoms with Crippen molar-refractivity contribution in [3.8, 4) is 11.3 Å². The van der Waals surface area contributed by atoms with Crippen LogP contribution in [-0.4, -0.2) is 52.3 Å². The van der Waals surface area contributed by atoms with Crippen molar-refractivity contribution in [1.29, 1.82) is 0 Å². The van der Waals surface area contributed by atoms with E-state index in [-0.39, 0.29) is 11.5 Å². The fourth-order valence-electron chi connectivity index (χ4n) is 4.35. The molecule has 2 aromatic heterocycles. The van der Waals surface area contributed by atoms with Gasteiger partial charge in [-0.1, -0.05) is 59.6 Å². The van der Waals surface area contributed by atoms with Crippen LogP contribution in [-0.2, 0) is 6.54 Å². The summed E-state index contributed by atoms with van der Waals surface area (Å²) in [5.41, 5.74) is 3.40. The molecule has 0 amide bonds. The van der Waals surface area contributed by atoms with Crippen LogP contribution in [0.3, 0.4) is 0 Å². The molecule has 7 nitrogen and oxygen atoms in total. The third-order valence-corrected chi connectivity index (χ3v) is 7.92. The summed E-state index contributed by atoms with van der Waals surface area (Å²) < 4.78 is 6.75. The summed E-state index contributed by atoms with van der Waals surface area (Å²) in [6, 6.07) is 10.5. The smallest absolute Gasteiger partial charge is 0.335 e. The van der Waals surface area contributed by atoms with Gasteiger partial charge in [0.05, 0.1) is 25.8 Å². The van der Waals surface area contributed by atoms with Crippen LogP contribution in [0.15, 0.2) is 40.9 Å². The highest BCUT2D eigenvalue weighted by atomic mass is 35.5. The first-order chi connectivity index (χ1) is 16.8. The molecule has 0 spiro atoms. The van der Waals surface area contributed by atoms with Gasteiger partial charge in [0.2, 0.25) is 0 Å². The van der Waals surface area contributed by atoms with Gasteiger partial charge < -0.3 is 14.5 Å². The van der Waals surface area contributed by atoms with Gasteiger partial charge in [-0.25, -0.2) is 9.78 Å². The Kier molecular flexibility index (Phi) is 6.72. The molecule has 3 heterocycles. The second kappa shape index (κ2) is 9.78. The Morgan fingerprint density at radius 3 is 2.51 bits per heavy atom. The minimum absolute atomic E-state index is 0.173. The number of aromatic nitrogens is 2. The van der Waals surface area contributed by atoms with E-state index in [4.69, 9.17) is 32.7 Å². The molecule has 35 heavy (non-hydrogen) atoms. The van der Waals surface area contributed by atoms with Crippen molar-refractivity contribution >= 4 is 55.9 Å². The van der Waals surface area contributed by atoms with Crippen LogP contribution in [0.1, 0.15) is 41.4 Å². The molecule has 1 fully saturated rings. The van der Waals surface area contributed by atoms with Crippen LogP contribution in [0.5, 0.6) is 0 Å². The third kappa shape index (κ3) is 4.76. The molecule has 0 unspecified atom stereocenters. The number of piperazine rings is 1. The van der Waals surface area contributed by atoms with E-state index in [1.165, 1.54) is 0 Å². The van der Waals surface area contributed by atoms with Gasteiger partial charge in [0.15, 0.2) is 5.13 Å². The molecule has 10 heteroatoms. The van der Waals surface area contributed by atoms with Gasteiger partial charge in [0.1, 0.15) is 11.5 Å². The van der Waals surface area contributed by atoms with E-state index in [1.54, 1.807) is 23.5 Å². The molecule has 0 bridgehead atoms. The molecule has 1 aliphatic heterocycles. The van der Waals surface area contributed by atoms with Crippen LogP contribution in [0.2, 0.25) is 10.0 Å². The number of carbonyl (C=O) groups is 1. The summed E-state index contributed by atoms with van der Waals surface area (Å²) in [5, 5.41) is 15.6. The first-order valence-corrected chi connectivity index (χ1v) is 12.9. The number of benzene rings is 2. The molecular weight excluding hydrogens is 507 g/mol. The first-order valence-electron chi connectivity index (χ1n) is 11.4. The summed E-state index contributed by atoms with van der Waals surface area (Å²) in [5.74, 6) is 0.0769. The third-order valence-electron chi connectivity index (χ3n) is 6.19. The fraction of sp³-hybridized carbons (Fsp3) is 0.320. The summed E-state index contributed by atoms with van der Waals surface area (Å²) in [6.07, 6.45) is 0. The number of anilines is 1. The van der Waals surface area contributed by atoms with Crippen molar-refractivity contribution < 1.29 is 14.4 Å². The molecule has 5 rings (SSSR count). The van der Waals surface area contributed by atoms with Crippen molar-refractivity contribution in [2.45, 2.75) is 26.3 Å². The number of fused-ring (bicyclic) bond motifs is 1. The second-order valence-corrected chi connectivity index (χ2v) is 10.7. The number of hydrogen-bond acceptors (Lipinski definition) is 7. The van der Waals surface area contributed by atoms with E-state index in [0.29, 0.717) is 27.8 Å². The van der Waals surface area contributed by atoms with Gasteiger partial charge in [-0.05, 0) is 30.3 Å². The maximum absolute atomic E-state index is 11.3. The van der Waals surface area contributed by atoms with Gasteiger partial charge in [-0.2, -0.15) is 0 Å². The standard InChI is InChI=1S/C25H24Cl2N4O3S/c1-14(2)23-16(22(29-34-23)21-17(26)4-3-5-18(21)27)13-30-8-10-31(11-9-30)25-28-19-12-15(24(32)33)6-7-20(19)35-25/h3-7,12,14H,8-11,13H2,1-2H3,(H,32,33). The van der Waals surface area contributed by atoms with Gasteiger partial charge >= 0.3 is 5.97 Å². The minimum atomic E-state index is -0.943. The maximum Gasteiger partial charge on any atom is 0.335 e. The lowest BCUT2D eigenvalue weighted by Gasteiger charge is -2.34. The van der Waals surface area contributed by atoms with Gasteiger partial charge in [-0.15, -0.1) is 0 Å². The van der Waals surface area contributed by atoms with Crippen molar-refractivity contribution in [2.24, 2.45) is 0 Å². The summed E-state index contributed by atoms with van der Waals surface area (Å²) in [7, 11) is 0. The van der Waals surface area contributed by atoms with Crippen molar-refractivity contribution in [3.05, 3.63) is 63.3 Å². The Balaban J connectivity index is 1.34. The molecule has 0 saturated carbocycles. The molecule has 1 aliphatic rings. The van der Waals surface area contributed by atoms with E-state index >= 15 is 0 Å². The summed E-state index contributed by atoms with van der Waals surface area (Å²) in [4.78, 5) is 20.6. The number of rotatable bonds is 6. The first kappa shape index (κ1) is 24.1. The lowest BCUT2D eigenvalue weighted by Crippen LogP contribution is -2.46. The van der Waals surface area contributed by atoms with Gasteiger partial charge in [0, 0.05) is 49.8 Å². The van der Waals surface area contributed by atoms with E-state index in [9.17, 15) is 9.90 Å². The van der Waals surface area contributed by atoms with Crippen molar-refractivity contribution in [3.63, 3.8) is 0 Å². The highest BCUT2D eigenvalue weighted by Gasteiger charge is 2.27.